The zero-order valence-corrected chi connectivity index (χ0v) is 11.1. The number of hydrogen-bond acceptors (Lipinski definition) is 4. The molecule has 1 fully saturated rings. The highest BCUT2D eigenvalue weighted by Gasteiger charge is 2.25. The largest absolute Gasteiger partial charge is 0.353 e. The third-order valence-electron chi connectivity index (χ3n) is 3.97. The number of carbonyl (C=O) groups is 1. The second-order valence-corrected chi connectivity index (χ2v) is 5.31. The van der Waals surface area contributed by atoms with Gasteiger partial charge in [0.2, 0.25) is 5.91 Å². The Morgan fingerprint density at radius 3 is 3.16 bits per heavy atom. The number of rotatable bonds is 4. The fourth-order valence-corrected chi connectivity index (χ4v) is 2.82. The van der Waals surface area contributed by atoms with Crippen LogP contribution in [0.25, 0.3) is 0 Å². The van der Waals surface area contributed by atoms with Crippen molar-refractivity contribution in [3.8, 4) is 0 Å². The molecule has 0 saturated carbocycles. The van der Waals surface area contributed by atoms with Crippen LogP contribution in [0.3, 0.4) is 0 Å². The third-order valence-corrected chi connectivity index (χ3v) is 3.97. The molecule has 0 bridgehead atoms. The van der Waals surface area contributed by atoms with Gasteiger partial charge in [-0.05, 0) is 25.9 Å². The molecular formula is C13H21N5O. The van der Waals surface area contributed by atoms with E-state index in [2.05, 4.69) is 25.5 Å². The van der Waals surface area contributed by atoms with Crippen LogP contribution in [0.2, 0.25) is 0 Å². The number of H-pyrrole nitrogens is 1. The van der Waals surface area contributed by atoms with Gasteiger partial charge in [0.15, 0.2) is 0 Å². The number of aromatic nitrogens is 2. The van der Waals surface area contributed by atoms with Crippen molar-refractivity contribution in [1.82, 2.24) is 25.5 Å². The van der Waals surface area contributed by atoms with Gasteiger partial charge in [-0.15, -0.1) is 0 Å². The molecule has 19 heavy (non-hydrogen) atoms. The summed E-state index contributed by atoms with van der Waals surface area (Å²) in [6.45, 7) is 4.75. The van der Waals surface area contributed by atoms with Crippen molar-refractivity contribution < 1.29 is 4.79 Å². The van der Waals surface area contributed by atoms with Crippen LogP contribution in [0.4, 0.5) is 0 Å². The minimum Gasteiger partial charge on any atom is -0.353 e. The van der Waals surface area contributed by atoms with E-state index in [0.717, 1.165) is 24.5 Å². The average molecular weight is 263 g/mol. The number of amides is 1. The topological polar surface area (TPSA) is 73.0 Å². The third kappa shape index (κ3) is 2.96. The van der Waals surface area contributed by atoms with Crippen LogP contribution in [-0.4, -0.2) is 53.0 Å². The van der Waals surface area contributed by atoms with Crippen molar-refractivity contribution in [3.63, 3.8) is 0 Å². The van der Waals surface area contributed by atoms with Crippen molar-refractivity contribution in [2.24, 2.45) is 0 Å². The number of likely N-dealkylation sites (tertiary alicyclic amines) is 1. The van der Waals surface area contributed by atoms with E-state index in [9.17, 15) is 4.79 Å². The fraction of sp³-hybridized carbons (Fsp3) is 0.692. The smallest absolute Gasteiger partial charge is 0.237 e. The van der Waals surface area contributed by atoms with Gasteiger partial charge in [-0.1, -0.05) is 0 Å². The van der Waals surface area contributed by atoms with Crippen LogP contribution in [0.15, 0.2) is 6.33 Å². The van der Waals surface area contributed by atoms with Crippen LogP contribution in [-0.2, 0) is 17.8 Å². The summed E-state index contributed by atoms with van der Waals surface area (Å²) in [7, 11) is 0. The number of fused-ring (bicyclic) bond motifs is 1. The molecule has 104 valence electrons. The first kappa shape index (κ1) is 12.6. The Morgan fingerprint density at radius 2 is 2.32 bits per heavy atom. The molecule has 0 spiro atoms. The van der Waals surface area contributed by atoms with Crippen molar-refractivity contribution in [2.75, 3.05) is 26.2 Å². The Labute approximate surface area is 113 Å². The second-order valence-electron chi connectivity index (χ2n) is 5.31. The van der Waals surface area contributed by atoms with E-state index in [1.165, 1.54) is 25.9 Å². The van der Waals surface area contributed by atoms with Gasteiger partial charge in [0.25, 0.3) is 0 Å². The highest BCUT2D eigenvalue weighted by Crippen LogP contribution is 2.12. The number of nitrogens with zero attached hydrogens (tertiary/aromatic N) is 2. The number of nitrogens with one attached hydrogen (secondary N) is 3. The van der Waals surface area contributed by atoms with Gasteiger partial charge in [-0.25, -0.2) is 4.98 Å². The molecule has 1 atom stereocenters. The van der Waals surface area contributed by atoms with E-state index in [0.29, 0.717) is 13.0 Å². The number of aromatic amines is 1. The molecular weight excluding hydrogens is 242 g/mol. The lowest BCUT2D eigenvalue weighted by Crippen LogP contribution is -2.49. The van der Waals surface area contributed by atoms with Crippen molar-refractivity contribution in [1.29, 1.82) is 0 Å². The maximum absolute atomic E-state index is 12.1. The Morgan fingerprint density at radius 1 is 1.47 bits per heavy atom. The SMILES string of the molecule is O=C(NCCN1CCCC1)C1Cc2nc[nH]c2CN1. The molecule has 1 aromatic heterocycles. The van der Waals surface area contributed by atoms with Gasteiger partial charge < -0.3 is 15.2 Å². The van der Waals surface area contributed by atoms with E-state index in [-0.39, 0.29) is 11.9 Å². The summed E-state index contributed by atoms with van der Waals surface area (Å²) in [5.41, 5.74) is 2.11. The van der Waals surface area contributed by atoms with Crippen molar-refractivity contribution >= 4 is 5.91 Å². The molecule has 6 nitrogen and oxygen atoms in total. The highest BCUT2D eigenvalue weighted by molar-refractivity contribution is 5.82. The molecule has 1 amide bonds. The van der Waals surface area contributed by atoms with Crippen LogP contribution >= 0.6 is 0 Å². The van der Waals surface area contributed by atoms with Gasteiger partial charge in [0.05, 0.1) is 23.8 Å². The summed E-state index contributed by atoms with van der Waals surface area (Å²) in [4.78, 5) is 21.8. The predicted molar refractivity (Wildman–Crippen MR) is 71.6 cm³/mol. The molecule has 1 saturated heterocycles. The fourth-order valence-electron chi connectivity index (χ4n) is 2.82. The first-order valence-corrected chi connectivity index (χ1v) is 7.07. The molecule has 2 aliphatic rings. The van der Waals surface area contributed by atoms with Gasteiger partial charge in [0.1, 0.15) is 0 Å². The van der Waals surface area contributed by atoms with E-state index in [4.69, 9.17) is 0 Å². The van der Waals surface area contributed by atoms with Crippen molar-refractivity contribution in [3.05, 3.63) is 17.7 Å². The second kappa shape index (κ2) is 5.71. The number of carbonyl (C=O) groups excluding carboxylic acids is 1. The normalized spacial score (nSPS) is 23.3. The van der Waals surface area contributed by atoms with Crippen LogP contribution in [0, 0.1) is 0 Å². The summed E-state index contributed by atoms with van der Waals surface area (Å²) in [5, 5.41) is 6.26. The van der Waals surface area contributed by atoms with Gasteiger partial charge in [0, 0.05) is 26.1 Å². The van der Waals surface area contributed by atoms with Crippen LogP contribution in [0.1, 0.15) is 24.2 Å². The molecule has 1 aromatic rings. The molecule has 3 rings (SSSR count). The van der Waals surface area contributed by atoms with E-state index in [1.807, 2.05) is 0 Å². The van der Waals surface area contributed by atoms with Crippen molar-refractivity contribution in [2.45, 2.75) is 31.8 Å². The Bertz CT molecular complexity index is 438. The minimum absolute atomic E-state index is 0.0906. The molecule has 0 radical (unpaired) electrons. The Hall–Kier alpha value is -1.40. The van der Waals surface area contributed by atoms with E-state index in [1.54, 1.807) is 6.33 Å². The zero-order chi connectivity index (χ0) is 13.1. The Balaban J connectivity index is 1.43. The zero-order valence-electron chi connectivity index (χ0n) is 11.1. The first-order valence-electron chi connectivity index (χ1n) is 7.07. The summed E-state index contributed by atoms with van der Waals surface area (Å²) in [6.07, 6.45) is 4.95. The minimum atomic E-state index is -0.144. The van der Waals surface area contributed by atoms with Gasteiger partial charge >= 0.3 is 0 Å². The monoisotopic (exact) mass is 263 g/mol. The lowest BCUT2D eigenvalue weighted by molar-refractivity contribution is -0.123. The maximum atomic E-state index is 12.1. The quantitative estimate of drug-likeness (QED) is 0.693. The summed E-state index contributed by atoms with van der Waals surface area (Å²) >= 11 is 0. The van der Waals surface area contributed by atoms with Crippen LogP contribution < -0.4 is 10.6 Å². The van der Waals surface area contributed by atoms with E-state index >= 15 is 0 Å². The average Bonchev–Trinajstić information content (AvgIpc) is 3.08. The summed E-state index contributed by atoms with van der Waals surface area (Å²) in [6, 6.07) is -0.144. The summed E-state index contributed by atoms with van der Waals surface area (Å²) < 4.78 is 0. The van der Waals surface area contributed by atoms with Gasteiger partial charge in [-0.3, -0.25) is 10.1 Å². The summed E-state index contributed by atoms with van der Waals surface area (Å²) in [5.74, 6) is 0.0906. The standard InChI is InChI=1S/C13H21N5O/c19-13(14-3-6-18-4-1-2-5-18)11-7-10-12(8-15-11)17-9-16-10/h9,11,15H,1-8H2,(H,14,19)(H,16,17). The highest BCUT2D eigenvalue weighted by atomic mass is 16.2. The van der Waals surface area contributed by atoms with E-state index < -0.39 is 0 Å². The lowest BCUT2D eigenvalue weighted by Gasteiger charge is -2.23. The number of imidazole rings is 1. The number of hydrogen-bond donors (Lipinski definition) is 3. The molecule has 0 aromatic carbocycles. The molecule has 1 unspecified atom stereocenters. The Kier molecular flexibility index (Phi) is 3.79. The first-order chi connectivity index (χ1) is 9.33. The maximum Gasteiger partial charge on any atom is 0.237 e. The lowest BCUT2D eigenvalue weighted by atomic mass is 10.0. The molecule has 0 aliphatic carbocycles. The molecule has 3 N–H and O–H groups in total. The predicted octanol–water partition coefficient (Wildman–Crippen LogP) is -0.364. The molecule has 2 aliphatic heterocycles. The van der Waals surface area contributed by atoms with Crippen LogP contribution in [0.5, 0.6) is 0 Å². The molecule has 6 heteroatoms. The van der Waals surface area contributed by atoms with Gasteiger partial charge in [-0.2, -0.15) is 0 Å². The molecule has 3 heterocycles.